The molecular weight excluding hydrogens is 344 g/mol. The van der Waals surface area contributed by atoms with Crippen molar-refractivity contribution in [3.8, 4) is 22.3 Å². The van der Waals surface area contributed by atoms with Gasteiger partial charge in [0, 0.05) is 40.3 Å². The van der Waals surface area contributed by atoms with Crippen molar-refractivity contribution in [1.29, 1.82) is 0 Å². The number of nitrogens with zero attached hydrogens (tertiary/aromatic N) is 3. The average Bonchev–Trinajstić information content (AvgIpc) is 3.06. The molecule has 2 aromatic heterocycles. The quantitative estimate of drug-likeness (QED) is 0.791. The van der Waals surface area contributed by atoms with Crippen LogP contribution in [0.25, 0.3) is 10.4 Å². The summed E-state index contributed by atoms with van der Waals surface area (Å²) in [5.74, 6) is 6.31. The van der Waals surface area contributed by atoms with E-state index in [0.717, 1.165) is 35.3 Å². The highest BCUT2D eigenvalue weighted by Crippen LogP contribution is 2.48. The van der Waals surface area contributed by atoms with Crippen LogP contribution in [0.3, 0.4) is 0 Å². The molecule has 0 bridgehead atoms. The van der Waals surface area contributed by atoms with Crippen LogP contribution in [-0.2, 0) is 16.8 Å². The van der Waals surface area contributed by atoms with Gasteiger partial charge in [-0.25, -0.2) is 4.99 Å². The van der Waals surface area contributed by atoms with Gasteiger partial charge in [-0.1, -0.05) is 5.92 Å². The van der Waals surface area contributed by atoms with E-state index < -0.39 is 5.54 Å². The molecule has 1 atom stereocenters. The van der Waals surface area contributed by atoms with E-state index in [-0.39, 0.29) is 5.91 Å². The van der Waals surface area contributed by atoms with Crippen LogP contribution in [0.2, 0.25) is 0 Å². The van der Waals surface area contributed by atoms with Gasteiger partial charge in [-0.15, -0.1) is 17.3 Å². The molecule has 2 aliphatic rings. The second-order valence-electron chi connectivity index (χ2n) is 6.79. The Hall–Kier alpha value is -2.65. The highest BCUT2D eigenvalue weighted by Gasteiger charge is 2.44. The smallest absolute Gasteiger partial charge is 0.231 e. The van der Waals surface area contributed by atoms with Crippen molar-refractivity contribution in [2.75, 3.05) is 7.05 Å². The fraction of sp³-hybridized carbons (Fsp3) is 0.350. The minimum Gasteiger partial charge on any atom is -0.369 e. The van der Waals surface area contributed by atoms with E-state index in [9.17, 15) is 4.79 Å². The van der Waals surface area contributed by atoms with Crippen LogP contribution in [0.4, 0.5) is 0 Å². The number of nitrogens with two attached hydrogens (primary N) is 1. The fourth-order valence-corrected chi connectivity index (χ4v) is 5.08. The number of aliphatic imine (C=N–C) groups is 1. The maximum atomic E-state index is 12.4. The van der Waals surface area contributed by atoms with Gasteiger partial charge in [-0.2, -0.15) is 0 Å². The lowest BCUT2D eigenvalue weighted by atomic mass is 9.79. The second kappa shape index (κ2) is 6.26. The van der Waals surface area contributed by atoms with Crippen molar-refractivity contribution in [2.45, 2.75) is 38.1 Å². The Morgan fingerprint density at radius 1 is 1.35 bits per heavy atom. The topological polar surface area (TPSA) is 71.6 Å². The lowest BCUT2D eigenvalue weighted by Gasteiger charge is -2.38. The zero-order chi connectivity index (χ0) is 18.3. The maximum absolute atomic E-state index is 12.4. The molecule has 132 valence electrons. The number of amides is 1. The zero-order valence-corrected chi connectivity index (χ0v) is 15.7. The number of hydrogen-bond donors (Lipinski definition) is 1. The molecule has 0 saturated carbocycles. The van der Waals surface area contributed by atoms with Crippen molar-refractivity contribution in [3.05, 3.63) is 40.5 Å². The lowest BCUT2D eigenvalue weighted by Crippen LogP contribution is -2.49. The van der Waals surface area contributed by atoms with E-state index in [1.165, 1.54) is 15.3 Å². The molecule has 0 fully saturated rings. The maximum Gasteiger partial charge on any atom is 0.231 e. The second-order valence-corrected chi connectivity index (χ2v) is 7.84. The Kier molecular flexibility index (Phi) is 4.04. The van der Waals surface area contributed by atoms with Gasteiger partial charge in [-0.3, -0.25) is 14.7 Å². The zero-order valence-electron chi connectivity index (χ0n) is 14.9. The van der Waals surface area contributed by atoms with E-state index in [1.807, 2.05) is 13.1 Å². The fourth-order valence-electron chi connectivity index (χ4n) is 3.73. The molecule has 6 heteroatoms. The van der Waals surface area contributed by atoms with Gasteiger partial charge in [0.05, 0.1) is 6.42 Å². The summed E-state index contributed by atoms with van der Waals surface area (Å²) in [4.78, 5) is 25.3. The van der Waals surface area contributed by atoms with Crippen LogP contribution in [0.1, 0.15) is 42.2 Å². The molecule has 1 aliphatic heterocycles. The highest BCUT2D eigenvalue weighted by molar-refractivity contribution is 7.15. The summed E-state index contributed by atoms with van der Waals surface area (Å²) in [5, 5.41) is 0. The number of thiophene rings is 1. The van der Waals surface area contributed by atoms with Crippen molar-refractivity contribution in [1.82, 2.24) is 9.88 Å². The number of pyridine rings is 1. The molecule has 1 amide bonds. The largest absolute Gasteiger partial charge is 0.369 e. The summed E-state index contributed by atoms with van der Waals surface area (Å²) in [6.45, 7) is 1.82. The molecule has 4 rings (SSSR count). The lowest BCUT2D eigenvalue weighted by molar-refractivity contribution is -0.128. The average molecular weight is 364 g/mol. The minimum atomic E-state index is -0.502. The van der Waals surface area contributed by atoms with Gasteiger partial charge >= 0.3 is 0 Å². The molecule has 26 heavy (non-hydrogen) atoms. The highest BCUT2D eigenvalue weighted by atomic mass is 32.1. The van der Waals surface area contributed by atoms with Gasteiger partial charge < -0.3 is 5.73 Å². The van der Waals surface area contributed by atoms with Crippen molar-refractivity contribution in [2.24, 2.45) is 10.7 Å². The number of carbonyl (C=O) groups excluding carboxylic acids is 1. The molecule has 0 unspecified atom stereocenters. The van der Waals surface area contributed by atoms with Crippen LogP contribution in [0.15, 0.2) is 29.5 Å². The van der Waals surface area contributed by atoms with Gasteiger partial charge in [-0.05, 0) is 43.9 Å². The number of rotatable bonds is 1. The molecule has 2 N–H and O–H groups in total. The summed E-state index contributed by atoms with van der Waals surface area (Å²) in [5.41, 5.74) is 8.77. The summed E-state index contributed by atoms with van der Waals surface area (Å²) in [6.07, 6.45) is 6.90. The van der Waals surface area contributed by atoms with Crippen molar-refractivity contribution >= 4 is 23.2 Å². The van der Waals surface area contributed by atoms with Crippen LogP contribution in [0, 0.1) is 11.8 Å². The first kappa shape index (κ1) is 16.8. The molecule has 1 aliphatic carbocycles. The molecular formula is C20H20N4OS. The molecule has 0 radical (unpaired) electrons. The molecule has 0 saturated heterocycles. The number of guanidine groups is 1. The summed E-state index contributed by atoms with van der Waals surface area (Å²) in [6, 6.07) is 4.28. The SMILES string of the molecule is CC#Cc1cncc(-c2cc3c(s2)[C@@]2(CCC3)CC(=O)N(C)C(N)=N2)c1. The van der Waals surface area contributed by atoms with E-state index in [0.29, 0.717) is 12.4 Å². The number of aromatic nitrogens is 1. The molecule has 1 spiro atoms. The Balaban J connectivity index is 1.81. The van der Waals surface area contributed by atoms with Crippen LogP contribution < -0.4 is 5.73 Å². The summed E-state index contributed by atoms with van der Waals surface area (Å²) >= 11 is 1.70. The van der Waals surface area contributed by atoms with Crippen LogP contribution in [-0.4, -0.2) is 28.8 Å². The summed E-state index contributed by atoms with van der Waals surface area (Å²) in [7, 11) is 1.68. The van der Waals surface area contributed by atoms with Crippen LogP contribution in [0.5, 0.6) is 0 Å². The normalized spacial score (nSPS) is 21.8. The standard InChI is InChI=1S/C20H20N4OS/c1-3-5-13-8-15(12-22-11-13)16-9-14-6-4-7-20(18(14)26-16)10-17(25)24(2)19(21)23-20/h8-9,11-12H,4,6-7,10H2,1-2H3,(H2,21,23)/t20-/m1/s1. The predicted octanol–water partition coefficient (Wildman–Crippen LogP) is 2.89. The molecule has 0 aromatic carbocycles. The number of aryl methyl sites for hydroxylation is 1. The van der Waals surface area contributed by atoms with E-state index >= 15 is 0 Å². The van der Waals surface area contributed by atoms with Crippen LogP contribution >= 0.6 is 11.3 Å². The van der Waals surface area contributed by atoms with Gasteiger partial charge in [0.1, 0.15) is 5.54 Å². The predicted molar refractivity (Wildman–Crippen MR) is 104 cm³/mol. The minimum absolute atomic E-state index is 0.0298. The number of carbonyl (C=O) groups is 1. The van der Waals surface area contributed by atoms with Crippen molar-refractivity contribution < 1.29 is 4.79 Å². The van der Waals surface area contributed by atoms with Gasteiger partial charge in [0.15, 0.2) is 5.96 Å². The van der Waals surface area contributed by atoms with Gasteiger partial charge in [0.2, 0.25) is 5.91 Å². The number of hydrogen-bond acceptors (Lipinski definition) is 5. The molecule has 3 heterocycles. The van der Waals surface area contributed by atoms with E-state index in [2.05, 4.69) is 29.0 Å². The third-order valence-electron chi connectivity index (χ3n) is 5.05. The van der Waals surface area contributed by atoms with Crippen molar-refractivity contribution in [3.63, 3.8) is 0 Å². The van der Waals surface area contributed by atoms with E-state index in [1.54, 1.807) is 24.6 Å². The molecule has 2 aromatic rings. The van der Waals surface area contributed by atoms with Gasteiger partial charge in [0.25, 0.3) is 0 Å². The van der Waals surface area contributed by atoms with E-state index in [4.69, 9.17) is 10.7 Å². The Bertz CT molecular complexity index is 981. The number of fused-ring (bicyclic) bond motifs is 2. The Labute approximate surface area is 157 Å². The monoisotopic (exact) mass is 364 g/mol. The Morgan fingerprint density at radius 2 is 2.19 bits per heavy atom. The summed E-state index contributed by atoms with van der Waals surface area (Å²) < 4.78 is 0. The third-order valence-corrected chi connectivity index (χ3v) is 6.47. The first-order valence-corrected chi connectivity index (χ1v) is 9.47. The third kappa shape index (κ3) is 2.69. The molecule has 5 nitrogen and oxygen atoms in total. The first-order chi connectivity index (χ1) is 12.5. The Morgan fingerprint density at radius 3 is 2.96 bits per heavy atom. The first-order valence-electron chi connectivity index (χ1n) is 8.66.